The number of hydrogen-bond acceptors (Lipinski definition) is 2. The van der Waals surface area contributed by atoms with Crippen molar-refractivity contribution in [3.05, 3.63) is 12.2 Å². The van der Waals surface area contributed by atoms with Crippen molar-refractivity contribution in [1.29, 1.82) is 0 Å². The van der Waals surface area contributed by atoms with E-state index in [2.05, 4.69) is 31.1 Å². The quantitative estimate of drug-likeness (QED) is 0.656. The van der Waals surface area contributed by atoms with Crippen LogP contribution in [0.2, 0.25) is 0 Å². The summed E-state index contributed by atoms with van der Waals surface area (Å²) in [6, 6.07) is 0. The van der Waals surface area contributed by atoms with Gasteiger partial charge >= 0.3 is 0 Å². The molecule has 0 amide bonds. The van der Waals surface area contributed by atoms with Crippen molar-refractivity contribution in [1.82, 2.24) is 4.90 Å². The summed E-state index contributed by atoms with van der Waals surface area (Å²) < 4.78 is 0. The van der Waals surface area contributed by atoms with Gasteiger partial charge in [0.15, 0.2) is 0 Å². The molecule has 1 saturated carbocycles. The van der Waals surface area contributed by atoms with Gasteiger partial charge in [-0.15, -0.1) is 0 Å². The highest BCUT2D eigenvalue weighted by atomic mass is 16.3. The lowest BCUT2D eigenvalue weighted by atomic mass is 9.83. The topological polar surface area (TPSA) is 23.5 Å². The summed E-state index contributed by atoms with van der Waals surface area (Å²) >= 11 is 0. The maximum Gasteiger partial charge on any atom is 0.0468 e. The molecule has 2 aliphatic rings. The lowest BCUT2D eigenvalue weighted by Gasteiger charge is -2.28. The minimum Gasteiger partial charge on any atom is -0.396 e. The van der Waals surface area contributed by atoms with Crippen LogP contribution in [0.25, 0.3) is 0 Å². The Hall–Kier alpha value is -0.340. The number of aliphatic hydroxyl groups excluding tert-OH is 1. The van der Waals surface area contributed by atoms with Crippen molar-refractivity contribution in [2.24, 2.45) is 23.7 Å². The zero-order valence-electron chi connectivity index (χ0n) is 8.48. The van der Waals surface area contributed by atoms with Crippen LogP contribution < -0.4 is 0 Å². The zero-order valence-corrected chi connectivity index (χ0v) is 8.48. The van der Waals surface area contributed by atoms with Crippen LogP contribution in [0.1, 0.15) is 6.42 Å². The van der Waals surface area contributed by atoms with Gasteiger partial charge in [-0.05, 0) is 44.2 Å². The van der Waals surface area contributed by atoms with E-state index in [1.165, 1.54) is 6.42 Å². The van der Waals surface area contributed by atoms with Crippen LogP contribution in [0.5, 0.6) is 0 Å². The van der Waals surface area contributed by atoms with E-state index in [-0.39, 0.29) is 0 Å². The van der Waals surface area contributed by atoms with Crippen molar-refractivity contribution >= 4 is 0 Å². The third kappa shape index (κ3) is 1.53. The molecule has 74 valence electrons. The minimum absolute atomic E-state index is 0.365. The second-order valence-electron chi connectivity index (χ2n) is 4.72. The van der Waals surface area contributed by atoms with E-state index in [1.807, 2.05) is 0 Å². The summed E-state index contributed by atoms with van der Waals surface area (Å²) in [4.78, 5) is 2.24. The molecule has 0 aromatic rings. The van der Waals surface area contributed by atoms with Gasteiger partial charge in [-0.3, -0.25) is 0 Å². The van der Waals surface area contributed by atoms with Gasteiger partial charge in [0, 0.05) is 13.2 Å². The van der Waals surface area contributed by atoms with Crippen LogP contribution in [0.4, 0.5) is 0 Å². The molecule has 2 rings (SSSR count). The molecule has 0 unspecified atom stereocenters. The van der Waals surface area contributed by atoms with Gasteiger partial charge in [0.25, 0.3) is 0 Å². The largest absolute Gasteiger partial charge is 0.396 e. The molecule has 2 nitrogen and oxygen atoms in total. The predicted octanol–water partition coefficient (Wildman–Crippen LogP) is 0.979. The average molecular weight is 181 g/mol. The molecule has 2 bridgehead atoms. The lowest BCUT2D eigenvalue weighted by Crippen LogP contribution is -2.32. The second kappa shape index (κ2) is 3.43. The Morgan fingerprint density at radius 2 is 1.85 bits per heavy atom. The molecule has 1 fully saturated rings. The Kier molecular flexibility index (Phi) is 2.43. The second-order valence-corrected chi connectivity index (χ2v) is 4.72. The summed E-state index contributed by atoms with van der Waals surface area (Å²) in [5.41, 5.74) is 0. The Morgan fingerprint density at radius 3 is 2.38 bits per heavy atom. The average Bonchev–Trinajstić information content (AvgIpc) is 2.62. The molecule has 0 radical (unpaired) electrons. The van der Waals surface area contributed by atoms with Crippen molar-refractivity contribution < 1.29 is 5.11 Å². The molecule has 13 heavy (non-hydrogen) atoms. The van der Waals surface area contributed by atoms with Crippen LogP contribution in [0, 0.1) is 23.7 Å². The molecule has 2 aliphatic carbocycles. The molecule has 0 aromatic heterocycles. The number of fused-ring (bicyclic) bond motifs is 2. The van der Waals surface area contributed by atoms with Gasteiger partial charge in [-0.25, -0.2) is 0 Å². The fourth-order valence-electron chi connectivity index (χ4n) is 2.99. The summed E-state index contributed by atoms with van der Waals surface area (Å²) in [7, 11) is 4.23. The van der Waals surface area contributed by atoms with E-state index in [9.17, 15) is 5.11 Å². The Morgan fingerprint density at radius 1 is 1.23 bits per heavy atom. The summed E-state index contributed by atoms with van der Waals surface area (Å²) in [5, 5.41) is 9.32. The van der Waals surface area contributed by atoms with Gasteiger partial charge in [-0.2, -0.15) is 0 Å². The van der Waals surface area contributed by atoms with Gasteiger partial charge in [0.2, 0.25) is 0 Å². The number of aliphatic hydroxyl groups is 1. The lowest BCUT2D eigenvalue weighted by molar-refractivity contribution is 0.143. The Balaban J connectivity index is 2.05. The van der Waals surface area contributed by atoms with Crippen LogP contribution >= 0.6 is 0 Å². The van der Waals surface area contributed by atoms with E-state index in [1.54, 1.807) is 0 Å². The van der Waals surface area contributed by atoms with Crippen LogP contribution in [0.3, 0.4) is 0 Å². The van der Waals surface area contributed by atoms with Crippen molar-refractivity contribution in [2.45, 2.75) is 6.42 Å². The van der Waals surface area contributed by atoms with Crippen molar-refractivity contribution in [3.63, 3.8) is 0 Å². The molecule has 0 saturated heterocycles. The number of nitrogens with zero attached hydrogens (tertiary/aromatic N) is 1. The highest BCUT2D eigenvalue weighted by Crippen LogP contribution is 2.47. The molecule has 1 N–H and O–H groups in total. The molecule has 4 atom stereocenters. The standard InChI is InChI=1S/C11H19NO/c1-12(2)6-10-8-3-4-9(5-8)11(10)7-13/h3-4,8-11,13H,5-7H2,1-2H3/t8-,9-,10-,11-/m0/s1. The maximum absolute atomic E-state index is 9.32. The SMILES string of the molecule is CN(C)C[C@@H]1[C@@H](CO)[C@H]2C=C[C@H]1C2. The maximum atomic E-state index is 9.32. The first-order valence-electron chi connectivity index (χ1n) is 5.16. The van der Waals surface area contributed by atoms with Gasteiger partial charge in [0.1, 0.15) is 0 Å². The van der Waals surface area contributed by atoms with E-state index < -0.39 is 0 Å². The van der Waals surface area contributed by atoms with E-state index in [0.29, 0.717) is 24.4 Å². The van der Waals surface area contributed by atoms with Crippen LogP contribution in [-0.4, -0.2) is 37.3 Å². The molecule has 0 aliphatic heterocycles. The summed E-state index contributed by atoms with van der Waals surface area (Å²) in [5.74, 6) is 2.62. The third-order valence-electron chi connectivity index (χ3n) is 3.59. The highest BCUT2D eigenvalue weighted by Gasteiger charge is 2.43. The molecule has 0 aromatic carbocycles. The normalized spacial score (nSPS) is 42.2. The summed E-state index contributed by atoms with van der Waals surface area (Å²) in [6.07, 6.45) is 5.94. The van der Waals surface area contributed by atoms with E-state index in [0.717, 1.165) is 12.5 Å². The molecule has 0 heterocycles. The Bertz CT molecular complexity index is 212. The zero-order chi connectivity index (χ0) is 9.42. The fourth-order valence-corrected chi connectivity index (χ4v) is 2.99. The van der Waals surface area contributed by atoms with Crippen LogP contribution in [-0.2, 0) is 0 Å². The molecule has 2 heteroatoms. The minimum atomic E-state index is 0.365. The van der Waals surface area contributed by atoms with Crippen molar-refractivity contribution in [2.75, 3.05) is 27.2 Å². The molecule has 0 spiro atoms. The smallest absolute Gasteiger partial charge is 0.0468 e. The number of hydrogen-bond donors (Lipinski definition) is 1. The van der Waals surface area contributed by atoms with Gasteiger partial charge in [0.05, 0.1) is 0 Å². The first-order chi connectivity index (χ1) is 6.22. The first kappa shape index (κ1) is 9.22. The van der Waals surface area contributed by atoms with Crippen molar-refractivity contribution in [3.8, 4) is 0 Å². The van der Waals surface area contributed by atoms with E-state index >= 15 is 0 Å². The fraction of sp³-hybridized carbons (Fsp3) is 0.818. The molecular formula is C11H19NO. The monoisotopic (exact) mass is 181 g/mol. The number of allylic oxidation sites excluding steroid dienone is 2. The van der Waals surface area contributed by atoms with E-state index in [4.69, 9.17) is 0 Å². The third-order valence-corrected chi connectivity index (χ3v) is 3.59. The molecular weight excluding hydrogens is 162 g/mol. The van der Waals surface area contributed by atoms with Gasteiger partial charge < -0.3 is 10.0 Å². The van der Waals surface area contributed by atoms with Gasteiger partial charge in [-0.1, -0.05) is 12.2 Å². The van der Waals surface area contributed by atoms with Crippen LogP contribution in [0.15, 0.2) is 12.2 Å². The predicted molar refractivity (Wildman–Crippen MR) is 53.4 cm³/mol. The number of rotatable bonds is 3. The highest BCUT2D eigenvalue weighted by molar-refractivity contribution is 5.13. The summed E-state index contributed by atoms with van der Waals surface area (Å²) in [6.45, 7) is 1.49. The Labute approximate surface area is 80.2 Å². The first-order valence-corrected chi connectivity index (χ1v) is 5.16.